The van der Waals surface area contributed by atoms with Gasteiger partial charge in [0.2, 0.25) is 5.78 Å². The lowest BCUT2D eigenvalue weighted by Gasteiger charge is -2.35. The van der Waals surface area contributed by atoms with E-state index in [9.17, 15) is 9.59 Å². The molecule has 2 atom stereocenters. The van der Waals surface area contributed by atoms with Crippen LogP contribution in [0.1, 0.15) is 47.3 Å². The number of rotatable bonds is 6. The van der Waals surface area contributed by atoms with E-state index in [1.165, 1.54) is 0 Å². The highest BCUT2D eigenvalue weighted by Crippen LogP contribution is 2.48. The zero-order chi connectivity index (χ0) is 20.5. The van der Waals surface area contributed by atoms with Crippen molar-refractivity contribution in [3.63, 3.8) is 0 Å². The van der Waals surface area contributed by atoms with E-state index in [0.717, 1.165) is 16.7 Å². The molecular formula is C23H26N2O3. The molecule has 2 aromatic rings. The molecule has 0 radical (unpaired) electrons. The maximum Gasteiger partial charge on any atom is 0.307 e. The van der Waals surface area contributed by atoms with Crippen molar-refractivity contribution < 1.29 is 14.3 Å². The first-order valence-electron chi connectivity index (χ1n) is 9.53. The zero-order valence-corrected chi connectivity index (χ0v) is 16.8. The lowest BCUT2D eigenvalue weighted by atomic mass is 9.66. The van der Waals surface area contributed by atoms with Gasteiger partial charge in [-0.25, -0.2) is 4.99 Å². The molecule has 0 spiro atoms. The summed E-state index contributed by atoms with van der Waals surface area (Å²) >= 11 is 0. The Morgan fingerprint density at radius 1 is 1.14 bits per heavy atom. The zero-order valence-electron chi connectivity index (χ0n) is 16.8. The molecule has 0 fully saturated rings. The van der Waals surface area contributed by atoms with E-state index in [-0.39, 0.29) is 24.8 Å². The van der Waals surface area contributed by atoms with Gasteiger partial charge in [0.25, 0.3) is 0 Å². The fourth-order valence-electron chi connectivity index (χ4n) is 3.99. The molecule has 0 aromatic heterocycles. The smallest absolute Gasteiger partial charge is 0.307 e. The number of ether oxygens (including phenoxy) is 1. The largest absolute Gasteiger partial charge is 0.466 e. The second-order valence-electron chi connectivity index (χ2n) is 7.30. The van der Waals surface area contributed by atoms with Gasteiger partial charge in [-0.15, -0.1) is 0 Å². The number of ketones is 1. The summed E-state index contributed by atoms with van der Waals surface area (Å²) in [4.78, 5) is 30.7. The minimum atomic E-state index is -1.02. The minimum Gasteiger partial charge on any atom is -0.466 e. The van der Waals surface area contributed by atoms with Gasteiger partial charge in [0.05, 0.1) is 24.1 Å². The number of hydrogen-bond donors (Lipinski definition) is 1. The van der Waals surface area contributed by atoms with Crippen molar-refractivity contribution in [1.29, 1.82) is 0 Å². The van der Waals surface area contributed by atoms with Crippen LogP contribution in [0.25, 0.3) is 0 Å². The molecule has 0 bridgehead atoms. The molecule has 0 saturated carbocycles. The number of fused-ring (bicyclic) bond motifs is 1. The number of aliphatic imine (C=N–C) groups is 1. The number of Topliss-reactive ketones (excluding diaryl/α,β-unsaturated/α-hetero) is 1. The minimum absolute atomic E-state index is 0.0206. The summed E-state index contributed by atoms with van der Waals surface area (Å²) in [6.45, 7) is 7.85. The van der Waals surface area contributed by atoms with Gasteiger partial charge in [0.1, 0.15) is 5.71 Å². The van der Waals surface area contributed by atoms with Gasteiger partial charge < -0.3 is 10.5 Å². The van der Waals surface area contributed by atoms with Crippen LogP contribution in [0, 0.1) is 13.8 Å². The van der Waals surface area contributed by atoms with Gasteiger partial charge in [0, 0.05) is 11.6 Å². The van der Waals surface area contributed by atoms with Gasteiger partial charge in [-0.3, -0.25) is 9.59 Å². The summed E-state index contributed by atoms with van der Waals surface area (Å²) in [7, 11) is 0. The monoisotopic (exact) mass is 378 g/mol. The van der Waals surface area contributed by atoms with Crippen LogP contribution in [0.5, 0.6) is 0 Å². The van der Waals surface area contributed by atoms with Gasteiger partial charge in [0.15, 0.2) is 0 Å². The van der Waals surface area contributed by atoms with E-state index in [1.54, 1.807) is 19.1 Å². The summed E-state index contributed by atoms with van der Waals surface area (Å²) in [6, 6.07) is 12.3. The molecule has 5 heteroatoms. The Kier molecular flexibility index (Phi) is 5.47. The fourth-order valence-corrected chi connectivity index (χ4v) is 3.99. The number of hydrogen-bond acceptors (Lipinski definition) is 5. The van der Waals surface area contributed by atoms with E-state index in [4.69, 9.17) is 15.5 Å². The lowest BCUT2D eigenvalue weighted by molar-refractivity contribution is -0.144. The van der Waals surface area contributed by atoms with Crippen LogP contribution >= 0.6 is 0 Å². The highest BCUT2D eigenvalue weighted by Gasteiger charge is 2.52. The molecular weight excluding hydrogens is 352 g/mol. The maximum atomic E-state index is 13.4. The van der Waals surface area contributed by atoms with Crippen molar-refractivity contribution >= 4 is 23.2 Å². The third-order valence-electron chi connectivity index (χ3n) is 5.57. The van der Waals surface area contributed by atoms with Gasteiger partial charge in [-0.05, 0) is 50.5 Å². The van der Waals surface area contributed by atoms with Crippen molar-refractivity contribution in [2.24, 2.45) is 10.7 Å². The number of aryl methyl sites for hydroxylation is 1. The van der Waals surface area contributed by atoms with Crippen molar-refractivity contribution in [3.8, 4) is 0 Å². The Morgan fingerprint density at radius 2 is 1.82 bits per heavy atom. The Bertz CT molecular complexity index is 948. The van der Waals surface area contributed by atoms with E-state index >= 15 is 0 Å². The molecule has 146 valence electrons. The SMILES string of the molecule is CCOC(=O)CC1(C(C)N)C(C(=O)c2ccccc2)=Nc2ccc(C)c(C)c21. The van der Waals surface area contributed by atoms with Crippen LogP contribution in [-0.2, 0) is 14.9 Å². The normalized spacial score (nSPS) is 19.0. The number of nitrogens with zero attached hydrogens (tertiary/aromatic N) is 1. The molecule has 0 amide bonds. The molecule has 28 heavy (non-hydrogen) atoms. The van der Waals surface area contributed by atoms with Crippen molar-refractivity contribution in [3.05, 3.63) is 64.7 Å². The molecule has 3 rings (SSSR count). The number of carbonyl (C=O) groups is 2. The third kappa shape index (κ3) is 3.16. The Labute approximate surface area is 165 Å². The molecule has 5 nitrogen and oxygen atoms in total. The van der Waals surface area contributed by atoms with Gasteiger partial charge >= 0.3 is 5.97 Å². The molecule has 2 aromatic carbocycles. The van der Waals surface area contributed by atoms with E-state index in [0.29, 0.717) is 17.0 Å². The summed E-state index contributed by atoms with van der Waals surface area (Å²) in [6.07, 6.45) is -0.0206. The van der Waals surface area contributed by atoms with Crippen LogP contribution in [0.4, 0.5) is 5.69 Å². The topological polar surface area (TPSA) is 81.8 Å². The van der Waals surface area contributed by atoms with Crippen LogP contribution in [0.3, 0.4) is 0 Å². The lowest BCUT2D eigenvalue weighted by Crippen LogP contribution is -2.52. The average Bonchev–Trinajstić information content (AvgIpc) is 3.01. The molecule has 2 N–H and O–H groups in total. The standard InChI is InChI=1S/C23H26N2O3/c1-5-28-19(26)13-23(16(4)24)20-15(3)14(2)11-12-18(20)25-22(23)21(27)17-9-7-6-8-10-17/h6-12,16H,5,13,24H2,1-4H3. The Balaban J connectivity index is 2.24. The van der Waals surface area contributed by atoms with Crippen LogP contribution in [0.15, 0.2) is 47.5 Å². The first-order valence-corrected chi connectivity index (χ1v) is 9.53. The second kappa shape index (κ2) is 7.68. The van der Waals surface area contributed by atoms with E-state index < -0.39 is 11.5 Å². The quantitative estimate of drug-likeness (QED) is 0.612. The second-order valence-corrected chi connectivity index (χ2v) is 7.30. The molecule has 1 heterocycles. The summed E-state index contributed by atoms with van der Waals surface area (Å²) in [5.74, 6) is -0.599. The number of esters is 1. The van der Waals surface area contributed by atoms with Crippen LogP contribution in [-0.4, -0.2) is 30.1 Å². The first-order chi connectivity index (χ1) is 13.3. The van der Waals surface area contributed by atoms with Gasteiger partial charge in [-0.1, -0.05) is 36.4 Å². The van der Waals surface area contributed by atoms with Gasteiger partial charge in [-0.2, -0.15) is 0 Å². The van der Waals surface area contributed by atoms with Crippen molar-refractivity contribution in [2.75, 3.05) is 6.61 Å². The molecule has 1 aliphatic heterocycles. The summed E-state index contributed by atoms with van der Waals surface area (Å²) in [5.41, 5.74) is 9.91. The third-order valence-corrected chi connectivity index (χ3v) is 5.57. The van der Waals surface area contributed by atoms with Crippen molar-refractivity contribution in [2.45, 2.75) is 45.6 Å². The molecule has 0 saturated heterocycles. The van der Waals surface area contributed by atoms with Crippen molar-refractivity contribution in [1.82, 2.24) is 0 Å². The predicted molar refractivity (Wildman–Crippen MR) is 110 cm³/mol. The summed E-state index contributed by atoms with van der Waals surface area (Å²) < 4.78 is 5.24. The Morgan fingerprint density at radius 3 is 2.43 bits per heavy atom. The Hall–Kier alpha value is -2.79. The number of benzene rings is 2. The first kappa shape index (κ1) is 20.0. The predicted octanol–water partition coefficient (Wildman–Crippen LogP) is 3.81. The fraction of sp³-hybridized carbons (Fsp3) is 0.348. The molecule has 2 unspecified atom stereocenters. The van der Waals surface area contributed by atoms with E-state index in [1.807, 2.05) is 51.1 Å². The highest BCUT2D eigenvalue weighted by molar-refractivity contribution is 6.50. The van der Waals surface area contributed by atoms with Crippen LogP contribution < -0.4 is 5.73 Å². The number of carbonyl (C=O) groups excluding carboxylic acids is 2. The summed E-state index contributed by atoms with van der Waals surface area (Å²) in [5, 5.41) is 0. The number of nitrogens with two attached hydrogens (primary N) is 1. The van der Waals surface area contributed by atoms with E-state index in [2.05, 4.69) is 0 Å². The maximum absolute atomic E-state index is 13.4. The average molecular weight is 378 g/mol. The molecule has 0 aliphatic carbocycles. The molecule has 1 aliphatic rings. The highest BCUT2D eigenvalue weighted by atomic mass is 16.5. The van der Waals surface area contributed by atoms with Crippen LogP contribution in [0.2, 0.25) is 0 Å².